The minimum absolute atomic E-state index is 0.388. The third kappa shape index (κ3) is 4.96. The van der Waals surface area contributed by atoms with Gasteiger partial charge >= 0.3 is 6.09 Å². The minimum Gasteiger partial charge on any atom is -0.444 e. The van der Waals surface area contributed by atoms with E-state index >= 15 is 0 Å². The summed E-state index contributed by atoms with van der Waals surface area (Å²) in [6.45, 7) is 0.388. The lowest BCUT2D eigenvalue weighted by atomic mass is 10.1. The predicted octanol–water partition coefficient (Wildman–Crippen LogP) is 3.14. The molecule has 0 saturated carbocycles. The molecule has 2 aromatic carbocycles. The second-order valence-electron chi connectivity index (χ2n) is 5.93. The molecule has 1 aromatic heterocycles. The van der Waals surface area contributed by atoms with Crippen LogP contribution in [0.1, 0.15) is 15.2 Å². The van der Waals surface area contributed by atoms with E-state index < -0.39 is 18.1 Å². The molecule has 0 aliphatic rings. The first-order chi connectivity index (χ1) is 13.0. The molecule has 3 aromatic rings. The Morgan fingerprint density at radius 2 is 1.93 bits per heavy atom. The average Bonchev–Trinajstić information content (AvgIpc) is 3.09. The molecule has 140 valence electrons. The van der Waals surface area contributed by atoms with E-state index in [0.717, 1.165) is 21.3 Å². The van der Waals surface area contributed by atoms with Crippen molar-refractivity contribution in [2.24, 2.45) is 5.73 Å². The van der Waals surface area contributed by atoms with Crippen LogP contribution in [0.25, 0.3) is 10.1 Å². The summed E-state index contributed by atoms with van der Waals surface area (Å²) in [5.74, 6) is -0.538. The molecule has 3 rings (SSSR count). The van der Waals surface area contributed by atoms with Gasteiger partial charge in [-0.05, 0) is 29.1 Å². The van der Waals surface area contributed by atoms with Crippen LogP contribution in [0, 0.1) is 0 Å². The Labute approximate surface area is 159 Å². The molecule has 8 heteroatoms. The number of benzene rings is 2. The van der Waals surface area contributed by atoms with Crippen molar-refractivity contribution >= 4 is 39.1 Å². The maximum atomic E-state index is 11.5. The molecule has 5 N–H and O–H groups in total. The Bertz CT molecular complexity index is 943. The Kier molecular flexibility index (Phi) is 5.90. The Morgan fingerprint density at radius 1 is 1.15 bits per heavy atom. The van der Waals surface area contributed by atoms with Crippen LogP contribution in [0.15, 0.2) is 54.6 Å². The highest BCUT2D eigenvalue weighted by Crippen LogP contribution is 2.28. The standard InChI is InChI=1S/C19H19N3O4S/c20-19(24)26-15(8-12-4-2-1-3-5-12)11-21-14-7-6-13-9-17(18(23)22-25)27-16(13)10-14/h1-7,9-10,15,21,25H,8,11H2,(H2,20,24)(H,22,23)/t15-/m0/s1. The second-order valence-corrected chi connectivity index (χ2v) is 7.02. The summed E-state index contributed by atoms with van der Waals surface area (Å²) in [5, 5.41) is 12.9. The van der Waals surface area contributed by atoms with Crippen molar-refractivity contribution in [3.63, 3.8) is 0 Å². The van der Waals surface area contributed by atoms with Crippen LogP contribution >= 0.6 is 11.3 Å². The molecule has 7 nitrogen and oxygen atoms in total. The lowest BCUT2D eigenvalue weighted by Crippen LogP contribution is -2.30. The summed E-state index contributed by atoms with van der Waals surface area (Å²) in [6.07, 6.45) is -0.690. The highest BCUT2D eigenvalue weighted by atomic mass is 32.1. The Morgan fingerprint density at radius 3 is 2.63 bits per heavy atom. The van der Waals surface area contributed by atoms with Gasteiger partial charge in [0.1, 0.15) is 6.10 Å². The summed E-state index contributed by atoms with van der Waals surface area (Å²) in [7, 11) is 0. The quantitative estimate of drug-likeness (QED) is 0.369. The fraction of sp³-hybridized carbons (Fsp3) is 0.158. The molecular weight excluding hydrogens is 366 g/mol. The van der Waals surface area contributed by atoms with Gasteiger partial charge in [-0.1, -0.05) is 36.4 Å². The number of primary amides is 1. The first-order valence-corrected chi connectivity index (χ1v) is 9.08. The third-order valence-electron chi connectivity index (χ3n) is 3.97. The van der Waals surface area contributed by atoms with E-state index in [0.29, 0.717) is 17.8 Å². The molecule has 0 saturated heterocycles. The van der Waals surface area contributed by atoms with Crippen LogP contribution in [0.3, 0.4) is 0 Å². The van der Waals surface area contributed by atoms with Gasteiger partial charge in [0.25, 0.3) is 5.91 Å². The zero-order valence-electron chi connectivity index (χ0n) is 14.3. The van der Waals surface area contributed by atoms with Crippen LogP contribution in [0.5, 0.6) is 0 Å². The number of ether oxygens (including phenoxy) is 1. The number of thiophene rings is 1. The Balaban J connectivity index is 1.70. The van der Waals surface area contributed by atoms with Crippen molar-refractivity contribution in [2.45, 2.75) is 12.5 Å². The predicted molar refractivity (Wildman–Crippen MR) is 104 cm³/mol. The van der Waals surface area contributed by atoms with E-state index in [9.17, 15) is 9.59 Å². The molecule has 27 heavy (non-hydrogen) atoms. The zero-order valence-corrected chi connectivity index (χ0v) is 15.2. The number of rotatable bonds is 7. The van der Waals surface area contributed by atoms with E-state index in [2.05, 4.69) is 5.32 Å². The molecule has 0 fully saturated rings. The van der Waals surface area contributed by atoms with Gasteiger partial charge < -0.3 is 15.8 Å². The van der Waals surface area contributed by atoms with Crippen LogP contribution in [-0.4, -0.2) is 29.9 Å². The zero-order chi connectivity index (χ0) is 19.2. The van der Waals surface area contributed by atoms with E-state index in [4.69, 9.17) is 15.7 Å². The molecule has 0 bridgehead atoms. The highest BCUT2D eigenvalue weighted by Gasteiger charge is 2.14. The SMILES string of the molecule is NC(=O)O[C@H](CNc1ccc2cc(C(=O)NO)sc2c1)Cc1ccccc1. The summed E-state index contributed by atoms with van der Waals surface area (Å²) in [4.78, 5) is 23.1. The fourth-order valence-electron chi connectivity index (χ4n) is 2.74. The van der Waals surface area contributed by atoms with Crippen LogP contribution < -0.4 is 16.5 Å². The molecule has 0 aliphatic heterocycles. The molecular formula is C19H19N3O4S. The van der Waals surface area contributed by atoms with Gasteiger partial charge in [-0.2, -0.15) is 0 Å². The van der Waals surface area contributed by atoms with Crippen molar-refractivity contribution < 1.29 is 19.5 Å². The van der Waals surface area contributed by atoms with Crippen molar-refractivity contribution in [3.8, 4) is 0 Å². The van der Waals surface area contributed by atoms with Gasteiger partial charge in [0.2, 0.25) is 0 Å². The number of amides is 2. The normalized spacial score (nSPS) is 11.7. The number of carbonyl (C=O) groups excluding carboxylic acids is 2. The van der Waals surface area contributed by atoms with Gasteiger partial charge in [-0.3, -0.25) is 10.0 Å². The third-order valence-corrected chi connectivity index (χ3v) is 5.06. The topological polar surface area (TPSA) is 114 Å². The maximum Gasteiger partial charge on any atom is 0.404 e. The summed E-state index contributed by atoms with van der Waals surface area (Å²) in [6, 6.07) is 17.1. The number of nitrogens with two attached hydrogens (primary N) is 1. The van der Waals surface area contributed by atoms with Gasteiger partial charge in [-0.15, -0.1) is 11.3 Å². The number of hydrogen-bond acceptors (Lipinski definition) is 6. The minimum atomic E-state index is -0.814. The monoisotopic (exact) mass is 385 g/mol. The number of anilines is 1. The largest absolute Gasteiger partial charge is 0.444 e. The lowest BCUT2D eigenvalue weighted by molar-refractivity contribution is 0.0711. The van der Waals surface area contributed by atoms with Gasteiger partial charge in [0.05, 0.1) is 11.4 Å². The Hall–Kier alpha value is -3.10. The maximum absolute atomic E-state index is 11.5. The summed E-state index contributed by atoms with van der Waals surface area (Å²) in [5.41, 5.74) is 8.69. The van der Waals surface area contributed by atoms with E-state index in [1.807, 2.05) is 48.5 Å². The van der Waals surface area contributed by atoms with Crippen molar-refractivity contribution in [3.05, 3.63) is 65.0 Å². The highest BCUT2D eigenvalue weighted by molar-refractivity contribution is 7.20. The number of carbonyl (C=O) groups is 2. The molecule has 0 aliphatic carbocycles. The lowest BCUT2D eigenvalue weighted by Gasteiger charge is -2.18. The molecule has 0 unspecified atom stereocenters. The van der Waals surface area contributed by atoms with E-state index in [1.165, 1.54) is 11.3 Å². The molecule has 0 radical (unpaired) electrons. The first-order valence-electron chi connectivity index (χ1n) is 8.27. The fourth-order valence-corrected chi connectivity index (χ4v) is 3.73. The first kappa shape index (κ1) is 18.7. The van der Waals surface area contributed by atoms with Crippen LogP contribution in [0.4, 0.5) is 10.5 Å². The molecule has 2 amide bonds. The van der Waals surface area contributed by atoms with Gasteiger partial charge in [-0.25, -0.2) is 10.3 Å². The smallest absolute Gasteiger partial charge is 0.404 e. The van der Waals surface area contributed by atoms with Crippen molar-refractivity contribution in [1.82, 2.24) is 5.48 Å². The van der Waals surface area contributed by atoms with E-state index in [1.54, 1.807) is 11.5 Å². The van der Waals surface area contributed by atoms with Gasteiger partial charge in [0, 0.05) is 16.8 Å². The second kappa shape index (κ2) is 8.52. The number of fused-ring (bicyclic) bond motifs is 1. The molecule has 1 heterocycles. The number of hydrogen-bond donors (Lipinski definition) is 4. The van der Waals surface area contributed by atoms with Crippen LogP contribution in [0.2, 0.25) is 0 Å². The number of hydroxylamine groups is 1. The van der Waals surface area contributed by atoms with Crippen molar-refractivity contribution in [1.29, 1.82) is 0 Å². The molecule has 0 spiro atoms. The average molecular weight is 385 g/mol. The summed E-state index contributed by atoms with van der Waals surface area (Å²) >= 11 is 1.27. The number of nitrogens with one attached hydrogen (secondary N) is 2. The van der Waals surface area contributed by atoms with Crippen LogP contribution in [-0.2, 0) is 11.2 Å². The van der Waals surface area contributed by atoms with E-state index in [-0.39, 0.29) is 0 Å². The van der Waals surface area contributed by atoms with Crippen molar-refractivity contribution in [2.75, 3.05) is 11.9 Å². The van der Waals surface area contributed by atoms with Gasteiger partial charge in [0.15, 0.2) is 0 Å². The molecule has 1 atom stereocenters. The summed E-state index contributed by atoms with van der Waals surface area (Å²) < 4.78 is 6.11.